The summed E-state index contributed by atoms with van der Waals surface area (Å²) in [6.07, 6.45) is -0.109. The molecule has 3 N–H and O–H groups in total. The standard InChI is InChI=1S/C38H50N4O8/c1-38(2,3)50-36(45)41-33(29-47-26-30-16-7-4-8-17-30)34(43)39-22-13-14-24-42(37(46)49-28-32-20-11-6-12-21-32)25-15-23-40-35(44)48-27-31-18-9-5-10-19-31/h4-12,16-21,33H,13-15,22-29H2,1-3H3,(H,39,43)(H,40,44)(H,41,45)/t33-/m0/s1. The number of benzene rings is 3. The number of hydrogen-bond donors (Lipinski definition) is 3. The molecule has 12 heteroatoms. The van der Waals surface area contributed by atoms with Gasteiger partial charge in [0.15, 0.2) is 0 Å². The highest BCUT2D eigenvalue weighted by Crippen LogP contribution is 2.09. The van der Waals surface area contributed by atoms with Crippen LogP contribution in [0.25, 0.3) is 0 Å². The molecule has 0 aromatic heterocycles. The Labute approximate surface area is 294 Å². The molecular formula is C38H50N4O8. The molecule has 0 saturated heterocycles. The first-order valence-electron chi connectivity index (χ1n) is 16.9. The van der Waals surface area contributed by atoms with E-state index < -0.39 is 35.8 Å². The number of unbranched alkanes of at least 4 members (excludes halogenated alkanes) is 1. The molecule has 0 heterocycles. The van der Waals surface area contributed by atoms with Crippen molar-refractivity contribution in [2.45, 2.75) is 71.5 Å². The van der Waals surface area contributed by atoms with E-state index in [0.29, 0.717) is 45.4 Å². The van der Waals surface area contributed by atoms with E-state index in [4.69, 9.17) is 18.9 Å². The number of nitrogens with zero attached hydrogens (tertiary/aromatic N) is 1. The molecule has 12 nitrogen and oxygen atoms in total. The molecule has 3 rings (SSSR count). The van der Waals surface area contributed by atoms with Gasteiger partial charge in [0, 0.05) is 26.2 Å². The van der Waals surface area contributed by atoms with Crippen LogP contribution in [0, 0.1) is 0 Å². The predicted octanol–water partition coefficient (Wildman–Crippen LogP) is 5.95. The summed E-state index contributed by atoms with van der Waals surface area (Å²) in [5, 5.41) is 8.18. The molecule has 0 spiro atoms. The smallest absolute Gasteiger partial charge is 0.410 e. The maximum atomic E-state index is 13.1. The van der Waals surface area contributed by atoms with E-state index in [1.165, 1.54) is 0 Å². The summed E-state index contributed by atoms with van der Waals surface area (Å²) in [6, 6.07) is 27.3. The number of carbonyl (C=O) groups excluding carboxylic acids is 4. The monoisotopic (exact) mass is 690 g/mol. The van der Waals surface area contributed by atoms with Gasteiger partial charge < -0.3 is 39.8 Å². The summed E-state index contributed by atoms with van der Waals surface area (Å²) < 4.78 is 21.9. The van der Waals surface area contributed by atoms with Gasteiger partial charge in [0.05, 0.1) is 13.2 Å². The van der Waals surface area contributed by atoms with Crippen LogP contribution in [0.1, 0.15) is 56.7 Å². The fraction of sp³-hybridized carbons (Fsp3) is 0.421. The van der Waals surface area contributed by atoms with Gasteiger partial charge in [-0.3, -0.25) is 4.79 Å². The third-order valence-electron chi connectivity index (χ3n) is 7.11. The number of rotatable bonds is 19. The first kappa shape index (κ1) is 39.3. The second-order valence-corrected chi connectivity index (χ2v) is 12.6. The summed E-state index contributed by atoms with van der Waals surface area (Å²) in [6.45, 7) is 7.10. The van der Waals surface area contributed by atoms with E-state index in [1.807, 2.05) is 91.0 Å². The largest absolute Gasteiger partial charge is 0.445 e. The molecule has 0 saturated carbocycles. The number of hydrogen-bond acceptors (Lipinski definition) is 8. The van der Waals surface area contributed by atoms with Crippen molar-refractivity contribution in [3.63, 3.8) is 0 Å². The van der Waals surface area contributed by atoms with E-state index in [-0.39, 0.29) is 26.4 Å². The van der Waals surface area contributed by atoms with Gasteiger partial charge in [-0.25, -0.2) is 14.4 Å². The zero-order chi connectivity index (χ0) is 36.0. The predicted molar refractivity (Wildman–Crippen MR) is 189 cm³/mol. The van der Waals surface area contributed by atoms with Crippen LogP contribution in [0.5, 0.6) is 0 Å². The molecule has 3 aromatic rings. The maximum absolute atomic E-state index is 13.1. The number of nitrogens with one attached hydrogen (secondary N) is 3. The van der Waals surface area contributed by atoms with Crippen LogP contribution in [0.3, 0.4) is 0 Å². The summed E-state index contributed by atoms with van der Waals surface area (Å²) in [4.78, 5) is 52.3. The van der Waals surface area contributed by atoms with Crippen LogP contribution in [-0.2, 0) is 43.6 Å². The Balaban J connectivity index is 1.46. The van der Waals surface area contributed by atoms with Crippen molar-refractivity contribution >= 4 is 24.2 Å². The van der Waals surface area contributed by atoms with Gasteiger partial charge in [0.2, 0.25) is 5.91 Å². The Bertz CT molecular complexity index is 1440. The van der Waals surface area contributed by atoms with E-state index >= 15 is 0 Å². The van der Waals surface area contributed by atoms with Gasteiger partial charge in [0.1, 0.15) is 24.9 Å². The van der Waals surface area contributed by atoms with Gasteiger partial charge in [-0.15, -0.1) is 0 Å². The lowest BCUT2D eigenvalue weighted by Gasteiger charge is -2.24. The Morgan fingerprint density at radius 2 is 1.16 bits per heavy atom. The minimum Gasteiger partial charge on any atom is -0.445 e. The third kappa shape index (κ3) is 16.8. The lowest BCUT2D eigenvalue weighted by molar-refractivity contribution is -0.124. The van der Waals surface area contributed by atoms with Gasteiger partial charge in [-0.05, 0) is 56.7 Å². The normalized spacial score (nSPS) is 11.5. The molecule has 0 bridgehead atoms. The zero-order valence-corrected chi connectivity index (χ0v) is 29.2. The fourth-order valence-corrected chi connectivity index (χ4v) is 4.60. The molecule has 0 fully saturated rings. The van der Waals surface area contributed by atoms with E-state index in [2.05, 4.69) is 16.0 Å². The number of carbonyl (C=O) groups is 4. The van der Waals surface area contributed by atoms with Crippen LogP contribution in [0.2, 0.25) is 0 Å². The summed E-state index contributed by atoms with van der Waals surface area (Å²) in [7, 11) is 0. The summed E-state index contributed by atoms with van der Waals surface area (Å²) >= 11 is 0. The molecule has 50 heavy (non-hydrogen) atoms. The number of ether oxygens (including phenoxy) is 4. The molecular weight excluding hydrogens is 640 g/mol. The molecule has 4 amide bonds. The first-order chi connectivity index (χ1) is 24.1. The summed E-state index contributed by atoms with van der Waals surface area (Å²) in [5.74, 6) is -0.409. The minimum atomic E-state index is -0.968. The van der Waals surface area contributed by atoms with Crippen molar-refractivity contribution in [1.29, 1.82) is 0 Å². The molecule has 3 aromatic carbocycles. The van der Waals surface area contributed by atoms with Gasteiger partial charge >= 0.3 is 18.3 Å². The third-order valence-corrected chi connectivity index (χ3v) is 7.11. The van der Waals surface area contributed by atoms with Crippen molar-refractivity contribution in [3.8, 4) is 0 Å². The highest BCUT2D eigenvalue weighted by Gasteiger charge is 2.25. The molecule has 1 atom stereocenters. The van der Waals surface area contributed by atoms with Gasteiger partial charge in [0.25, 0.3) is 0 Å². The number of alkyl carbamates (subject to hydrolysis) is 2. The topological polar surface area (TPSA) is 145 Å². The first-order valence-corrected chi connectivity index (χ1v) is 16.9. The average molecular weight is 691 g/mol. The lowest BCUT2D eigenvalue weighted by atomic mass is 10.2. The quantitative estimate of drug-likeness (QED) is 0.103. The SMILES string of the molecule is CC(C)(C)OC(=O)N[C@@H](COCc1ccccc1)C(=O)NCCCCN(CCCNC(=O)OCc1ccccc1)C(=O)OCc1ccccc1. The highest BCUT2D eigenvalue weighted by molar-refractivity contribution is 5.85. The van der Waals surface area contributed by atoms with Crippen LogP contribution in [0.15, 0.2) is 91.0 Å². The van der Waals surface area contributed by atoms with Crippen molar-refractivity contribution in [3.05, 3.63) is 108 Å². The Morgan fingerprint density at radius 3 is 1.74 bits per heavy atom. The molecule has 0 aliphatic heterocycles. The molecule has 0 unspecified atom stereocenters. The molecule has 0 radical (unpaired) electrons. The minimum absolute atomic E-state index is 0.0468. The number of amides is 4. The van der Waals surface area contributed by atoms with Crippen LogP contribution >= 0.6 is 0 Å². The second kappa shape index (κ2) is 21.8. The Morgan fingerprint density at radius 1 is 0.640 bits per heavy atom. The molecule has 0 aliphatic rings. The molecule has 270 valence electrons. The summed E-state index contributed by atoms with van der Waals surface area (Å²) in [5.41, 5.74) is 1.96. The van der Waals surface area contributed by atoms with E-state index in [9.17, 15) is 19.2 Å². The zero-order valence-electron chi connectivity index (χ0n) is 29.2. The molecule has 0 aliphatic carbocycles. The van der Waals surface area contributed by atoms with Crippen LogP contribution < -0.4 is 16.0 Å². The van der Waals surface area contributed by atoms with Gasteiger partial charge in [-0.2, -0.15) is 0 Å². The van der Waals surface area contributed by atoms with Crippen LogP contribution in [0.4, 0.5) is 14.4 Å². The van der Waals surface area contributed by atoms with E-state index in [1.54, 1.807) is 25.7 Å². The van der Waals surface area contributed by atoms with Crippen molar-refractivity contribution in [2.75, 3.05) is 32.8 Å². The van der Waals surface area contributed by atoms with Crippen molar-refractivity contribution in [2.24, 2.45) is 0 Å². The van der Waals surface area contributed by atoms with Crippen molar-refractivity contribution in [1.82, 2.24) is 20.9 Å². The highest BCUT2D eigenvalue weighted by atomic mass is 16.6. The second-order valence-electron chi connectivity index (χ2n) is 12.6. The Kier molecular flexibility index (Phi) is 17.1. The van der Waals surface area contributed by atoms with Gasteiger partial charge in [-0.1, -0.05) is 91.0 Å². The lowest BCUT2D eigenvalue weighted by Crippen LogP contribution is -2.50. The average Bonchev–Trinajstić information content (AvgIpc) is 3.10. The van der Waals surface area contributed by atoms with Crippen molar-refractivity contribution < 1.29 is 38.1 Å². The van der Waals surface area contributed by atoms with Crippen LogP contribution in [-0.4, -0.2) is 73.5 Å². The Hall–Kier alpha value is -5.10. The maximum Gasteiger partial charge on any atom is 0.410 e. The van der Waals surface area contributed by atoms with E-state index in [0.717, 1.165) is 16.7 Å². The fourth-order valence-electron chi connectivity index (χ4n) is 4.60.